The van der Waals surface area contributed by atoms with Crippen molar-refractivity contribution in [2.45, 2.75) is 76.3 Å². The molecule has 3 heteroatoms. The molecule has 2 rings (SSSR count). The predicted molar refractivity (Wildman–Crippen MR) is 80.4 cm³/mol. The number of nitrogens with one attached hydrogen (secondary N) is 1. The van der Waals surface area contributed by atoms with Crippen LogP contribution in [0.3, 0.4) is 0 Å². The first kappa shape index (κ1) is 15.3. The number of aliphatic hydroxyl groups excluding tert-OH is 1. The van der Waals surface area contributed by atoms with Crippen LogP contribution in [0.2, 0.25) is 0 Å². The van der Waals surface area contributed by atoms with Crippen LogP contribution in [0.4, 0.5) is 0 Å². The van der Waals surface area contributed by atoms with Crippen LogP contribution in [-0.4, -0.2) is 47.8 Å². The molecule has 2 fully saturated rings. The minimum absolute atomic E-state index is 0.0517. The summed E-state index contributed by atoms with van der Waals surface area (Å²) in [6.07, 6.45) is 11.9. The number of rotatable bonds is 7. The van der Waals surface area contributed by atoms with E-state index in [1.807, 2.05) is 0 Å². The van der Waals surface area contributed by atoms with E-state index in [0.29, 0.717) is 6.04 Å². The topological polar surface area (TPSA) is 35.5 Å². The summed E-state index contributed by atoms with van der Waals surface area (Å²) in [5.74, 6) is 0. The first-order valence-corrected chi connectivity index (χ1v) is 8.33. The van der Waals surface area contributed by atoms with Gasteiger partial charge in [0.2, 0.25) is 0 Å². The van der Waals surface area contributed by atoms with E-state index in [2.05, 4.69) is 17.1 Å². The molecule has 1 atom stereocenters. The lowest BCUT2D eigenvalue weighted by molar-refractivity contribution is 0.153. The predicted octanol–water partition coefficient (Wildman–Crippen LogP) is 2.54. The molecule has 0 aromatic heterocycles. The SMILES string of the molecule is CC(CO)(CCCN1CCCCCCC1)NC1CC1. The average Bonchev–Trinajstić information content (AvgIpc) is 3.15. The minimum atomic E-state index is -0.0517. The monoisotopic (exact) mass is 268 g/mol. The van der Waals surface area contributed by atoms with Crippen LogP contribution in [0.25, 0.3) is 0 Å². The number of likely N-dealkylation sites (tertiary alicyclic amines) is 1. The van der Waals surface area contributed by atoms with Gasteiger partial charge in [0.15, 0.2) is 0 Å². The van der Waals surface area contributed by atoms with E-state index in [-0.39, 0.29) is 12.1 Å². The molecular formula is C16H32N2O. The molecule has 0 bridgehead atoms. The zero-order valence-electron chi connectivity index (χ0n) is 12.7. The van der Waals surface area contributed by atoms with Crippen molar-refractivity contribution in [3.8, 4) is 0 Å². The molecule has 1 aliphatic heterocycles. The van der Waals surface area contributed by atoms with Crippen molar-refractivity contribution in [3.05, 3.63) is 0 Å². The average molecular weight is 268 g/mol. The van der Waals surface area contributed by atoms with Gasteiger partial charge in [-0.3, -0.25) is 0 Å². The number of hydrogen-bond acceptors (Lipinski definition) is 3. The van der Waals surface area contributed by atoms with Crippen molar-refractivity contribution in [3.63, 3.8) is 0 Å². The Kier molecular flexibility index (Phi) is 6.11. The Labute approximate surface area is 118 Å². The van der Waals surface area contributed by atoms with Crippen molar-refractivity contribution >= 4 is 0 Å². The summed E-state index contributed by atoms with van der Waals surface area (Å²) in [6.45, 7) is 6.22. The van der Waals surface area contributed by atoms with E-state index in [0.717, 1.165) is 6.42 Å². The van der Waals surface area contributed by atoms with Gasteiger partial charge in [-0.2, -0.15) is 0 Å². The van der Waals surface area contributed by atoms with E-state index in [4.69, 9.17) is 0 Å². The molecule has 0 aromatic rings. The molecular weight excluding hydrogens is 236 g/mol. The molecule has 1 saturated carbocycles. The van der Waals surface area contributed by atoms with Crippen LogP contribution in [0.1, 0.15) is 64.7 Å². The molecule has 0 radical (unpaired) electrons. The van der Waals surface area contributed by atoms with Crippen LogP contribution in [0, 0.1) is 0 Å². The first-order valence-electron chi connectivity index (χ1n) is 8.33. The Bertz CT molecular complexity index is 247. The lowest BCUT2D eigenvalue weighted by Gasteiger charge is -2.31. The second-order valence-corrected chi connectivity index (χ2v) is 6.85. The Balaban J connectivity index is 1.65. The third kappa shape index (κ3) is 5.80. The zero-order valence-corrected chi connectivity index (χ0v) is 12.7. The fourth-order valence-electron chi connectivity index (χ4n) is 3.15. The quantitative estimate of drug-likeness (QED) is 0.745. The maximum Gasteiger partial charge on any atom is 0.0610 e. The van der Waals surface area contributed by atoms with Gasteiger partial charge in [0.05, 0.1) is 6.61 Å². The van der Waals surface area contributed by atoms with Crippen molar-refractivity contribution < 1.29 is 5.11 Å². The largest absolute Gasteiger partial charge is 0.394 e. The number of hydrogen-bond donors (Lipinski definition) is 2. The van der Waals surface area contributed by atoms with Crippen LogP contribution in [0.15, 0.2) is 0 Å². The number of aliphatic hydroxyl groups is 1. The van der Waals surface area contributed by atoms with Gasteiger partial charge in [0.1, 0.15) is 0 Å². The lowest BCUT2D eigenvalue weighted by Crippen LogP contribution is -2.47. The zero-order chi connectivity index (χ0) is 13.6. The maximum absolute atomic E-state index is 9.61. The van der Waals surface area contributed by atoms with Gasteiger partial charge in [0.25, 0.3) is 0 Å². The summed E-state index contributed by atoms with van der Waals surface area (Å²) in [4.78, 5) is 2.63. The molecule has 3 nitrogen and oxygen atoms in total. The van der Waals surface area contributed by atoms with Gasteiger partial charge in [-0.1, -0.05) is 19.3 Å². The molecule has 0 spiro atoms. The fraction of sp³-hybridized carbons (Fsp3) is 1.00. The third-order valence-corrected chi connectivity index (χ3v) is 4.63. The van der Waals surface area contributed by atoms with Crippen molar-refractivity contribution in [2.24, 2.45) is 0 Å². The minimum Gasteiger partial charge on any atom is -0.394 e. The van der Waals surface area contributed by atoms with E-state index >= 15 is 0 Å². The van der Waals surface area contributed by atoms with Crippen molar-refractivity contribution in [1.82, 2.24) is 10.2 Å². The molecule has 2 N–H and O–H groups in total. The molecule has 1 heterocycles. The Morgan fingerprint density at radius 3 is 2.32 bits per heavy atom. The lowest BCUT2D eigenvalue weighted by atomic mass is 9.96. The summed E-state index contributed by atoms with van der Waals surface area (Å²) in [7, 11) is 0. The van der Waals surface area contributed by atoms with Gasteiger partial charge in [-0.05, 0) is 65.1 Å². The van der Waals surface area contributed by atoms with Gasteiger partial charge in [-0.25, -0.2) is 0 Å². The van der Waals surface area contributed by atoms with E-state index in [1.165, 1.54) is 71.0 Å². The van der Waals surface area contributed by atoms with E-state index in [9.17, 15) is 5.11 Å². The molecule has 112 valence electrons. The highest BCUT2D eigenvalue weighted by Gasteiger charge is 2.31. The van der Waals surface area contributed by atoms with Crippen LogP contribution >= 0.6 is 0 Å². The van der Waals surface area contributed by atoms with Gasteiger partial charge >= 0.3 is 0 Å². The molecule has 2 aliphatic rings. The summed E-state index contributed by atoms with van der Waals surface area (Å²) >= 11 is 0. The van der Waals surface area contributed by atoms with E-state index < -0.39 is 0 Å². The van der Waals surface area contributed by atoms with Crippen LogP contribution in [0.5, 0.6) is 0 Å². The molecule has 0 aromatic carbocycles. The van der Waals surface area contributed by atoms with Crippen LogP contribution in [-0.2, 0) is 0 Å². The molecule has 1 aliphatic carbocycles. The Morgan fingerprint density at radius 1 is 1.11 bits per heavy atom. The second-order valence-electron chi connectivity index (χ2n) is 6.85. The van der Waals surface area contributed by atoms with Gasteiger partial charge in [-0.15, -0.1) is 0 Å². The van der Waals surface area contributed by atoms with Crippen LogP contribution < -0.4 is 5.32 Å². The van der Waals surface area contributed by atoms with Gasteiger partial charge in [0, 0.05) is 11.6 Å². The smallest absolute Gasteiger partial charge is 0.0610 e. The fourth-order valence-corrected chi connectivity index (χ4v) is 3.15. The molecule has 1 unspecified atom stereocenters. The first-order chi connectivity index (χ1) is 9.22. The normalized spacial score (nSPS) is 25.6. The standard InChI is InChI=1S/C16H32N2O/c1-16(14-19,17-15-8-9-15)10-7-13-18-11-5-3-2-4-6-12-18/h15,17,19H,2-14H2,1H3. The summed E-state index contributed by atoms with van der Waals surface area (Å²) in [5, 5.41) is 13.2. The second kappa shape index (κ2) is 7.61. The highest BCUT2D eigenvalue weighted by Crippen LogP contribution is 2.24. The number of nitrogens with zero attached hydrogens (tertiary/aromatic N) is 1. The molecule has 1 saturated heterocycles. The van der Waals surface area contributed by atoms with E-state index in [1.54, 1.807) is 0 Å². The Morgan fingerprint density at radius 2 is 1.74 bits per heavy atom. The summed E-state index contributed by atoms with van der Waals surface area (Å²) < 4.78 is 0. The van der Waals surface area contributed by atoms with Crippen molar-refractivity contribution in [1.29, 1.82) is 0 Å². The summed E-state index contributed by atoms with van der Waals surface area (Å²) in [6, 6.07) is 0.679. The molecule has 0 amide bonds. The van der Waals surface area contributed by atoms with Gasteiger partial charge < -0.3 is 15.3 Å². The highest BCUT2D eigenvalue weighted by atomic mass is 16.3. The highest BCUT2D eigenvalue weighted by molar-refractivity contribution is 4.92. The Hall–Kier alpha value is -0.120. The van der Waals surface area contributed by atoms with Crippen molar-refractivity contribution in [2.75, 3.05) is 26.2 Å². The summed E-state index contributed by atoms with van der Waals surface area (Å²) in [5.41, 5.74) is -0.0517. The molecule has 19 heavy (non-hydrogen) atoms. The third-order valence-electron chi connectivity index (χ3n) is 4.63. The maximum atomic E-state index is 9.61.